The summed E-state index contributed by atoms with van der Waals surface area (Å²) in [7, 11) is 1.20. The number of hydrogen-bond acceptors (Lipinski definition) is 2. The Morgan fingerprint density at radius 3 is 2.69 bits per heavy atom. The van der Waals surface area contributed by atoms with E-state index in [1.165, 1.54) is 19.2 Å². The normalized spacial score (nSPS) is 11.2. The van der Waals surface area contributed by atoms with E-state index in [4.69, 9.17) is 21.4 Å². The molecular formula is C10H9ClF2O3. The predicted molar refractivity (Wildman–Crippen MR) is 54.2 cm³/mol. The highest BCUT2D eigenvalue weighted by Crippen LogP contribution is 2.40. The monoisotopic (exact) mass is 250 g/mol. The molecule has 0 heterocycles. The predicted octanol–water partition coefficient (Wildman–Crippen LogP) is 2.92. The van der Waals surface area contributed by atoms with E-state index >= 15 is 0 Å². The topological polar surface area (TPSA) is 46.5 Å². The van der Waals surface area contributed by atoms with Gasteiger partial charge < -0.3 is 9.84 Å². The second kappa shape index (κ2) is 4.65. The minimum atomic E-state index is -3.51. The summed E-state index contributed by atoms with van der Waals surface area (Å²) in [4.78, 5) is 10.3. The molecule has 0 aliphatic rings. The summed E-state index contributed by atoms with van der Waals surface area (Å²) in [5, 5.41) is 8.41. The Kier molecular flexibility index (Phi) is 3.70. The second-order valence-electron chi connectivity index (χ2n) is 3.10. The summed E-state index contributed by atoms with van der Waals surface area (Å²) < 4.78 is 31.8. The van der Waals surface area contributed by atoms with Crippen LogP contribution in [0, 0.1) is 0 Å². The van der Waals surface area contributed by atoms with Crippen molar-refractivity contribution in [2.75, 3.05) is 7.11 Å². The van der Waals surface area contributed by atoms with Crippen molar-refractivity contribution in [3.8, 4) is 5.75 Å². The first-order chi connectivity index (χ1) is 7.38. The van der Waals surface area contributed by atoms with Gasteiger partial charge in [0.2, 0.25) is 0 Å². The molecule has 1 aromatic carbocycles. The highest BCUT2D eigenvalue weighted by Gasteiger charge is 2.38. The maximum absolute atomic E-state index is 13.5. The molecule has 0 atom stereocenters. The zero-order valence-corrected chi connectivity index (χ0v) is 9.09. The number of carboxylic acid groups (broad SMARTS) is 1. The van der Waals surface area contributed by atoms with Gasteiger partial charge in [0.15, 0.2) is 0 Å². The molecule has 0 spiro atoms. The van der Waals surface area contributed by atoms with Crippen molar-refractivity contribution >= 4 is 17.6 Å². The number of aliphatic carboxylic acids is 1. The molecule has 1 aromatic rings. The zero-order valence-electron chi connectivity index (χ0n) is 8.34. The Balaban J connectivity index is 3.21. The Hall–Kier alpha value is -1.36. The molecule has 0 aromatic heterocycles. The van der Waals surface area contributed by atoms with Crippen molar-refractivity contribution in [1.29, 1.82) is 0 Å². The molecule has 88 valence electrons. The van der Waals surface area contributed by atoms with Crippen molar-refractivity contribution in [3.05, 3.63) is 28.8 Å². The number of methoxy groups -OCH3 is 1. The van der Waals surface area contributed by atoms with Gasteiger partial charge in [-0.05, 0) is 12.1 Å². The van der Waals surface area contributed by atoms with Crippen molar-refractivity contribution < 1.29 is 23.4 Å². The minimum Gasteiger partial charge on any atom is -0.495 e. The summed E-state index contributed by atoms with van der Waals surface area (Å²) in [6.07, 6.45) is -1.30. The molecule has 0 fully saturated rings. The maximum Gasteiger partial charge on any atom is 0.309 e. The molecule has 6 heteroatoms. The molecule has 0 saturated heterocycles. The van der Waals surface area contributed by atoms with Crippen LogP contribution in [0.25, 0.3) is 0 Å². The van der Waals surface area contributed by atoms with Crippen LogP contribution in [0.5, 0.6) is 5.75 Å². The first-order valence-corrected chi connectivity index (χ1v) is 4.69. The number of benzene rings is 1. The van der Waals surface area contributed by atoms with Gasteiger partial charge in [0.05, 0.1) is 17.7 Å². The minimum absolute atomic E-state index is 0.0186. The summed E-state index contributed by atoms with van der Waals surface area (Å²) >= 11 is 5.67. The third kappa shape index (κ3) is 2.61. The quantitative estimate of drug-likeness (QED) is 0.894. The molecule has 0 amide bonds. The van der Waals surface area contributed by atoms with Crippen LogP contribution in [0.1, 0.15) is 12.0 Å². The van der Waals surface area contributed by atoms with E-state index in [0.717, 1.165) is 6.07 Å². The molecule has 0 unspecified atom stereocenters. The third-order valence-corrected chi connectivity index (χ3v) is 2.24. The number of alkyl halides is 2. The van der Waals surface area contributed by atoms with E-state index in [9.17, 15) is 13.6 Å². The molecule has 0 bridgehead atoms. The molecule has 0 saturated carbocycles. The average molecular weight is 251 g/mol. The number of halogens is 3. The lowest BCUT2D eigenvalue weighted by atomic mass is 10.0. The van der Waals surface area contributed by atoms with Crippen LogP contribution in [0.3, 0.4) is 0 Å². The molecule has 0 aliphatic heterocycles. The van der Waals surface area contributed by atoms with Crippen LogP contribution >= 0.6 is 11.6 Å². The van der Waals surface area contributed by atoms with Crippen molar-refractivity contribution in [1.82, 2.24) is 0 Å². The smallest absolute Gasteiger partial charge is 0.309 e. The van der Waals surface area contributed by atoms with Gasteiger partial charge in [0, 0.05) is 0 Å². The summed E-state index contributed by atoms with van der Waals surface area (Å²) in [5.74, 6) is -5.30. The summed E-state index contributed by atoms with van der Waals surface area (Å²) in [6, 6.07) is 3.80. The van der Waals surface area contributed by atoms with Crippen LogP contribution in [-0.2, 0) is 10.7 Å². The van der Waals surface area contributed by atoms with Crippen LogP contribution in [-0.4, -0.2) is 18.2 Å². The molecule has 3 nitrogen and oxygen atoms in total. The highest BCUT2D eigenvalue weighted by molar-refractivity contribution is 6.32. The van der Waals surface area contributed by atoms with Crippen molar-refractivity contribution in [2.45, 2.75) is 12.3 Å². The Bertz CT molecular complexity index is 407. The van der Waals surface area contributed by atoms with E-state index < -0.39 is 23.9 Å². The van der Waals surface area contributed by atoms with Crippen molar-refractivity contribution in [3.63, 3.8) is 0 Å². The summed E-state index contributed by atoms with van der Waals surface area (Å²) in [5.41, 5.74) is -0.523. The molecule has 16 heavy (non-hydrogen) atoms. The van der Waals surface area contributed by atoms with Gasteiger partial charge in [-0.2, -0.15) is 0 Å². The molecule has 1 rings (SSSR count). The van der Waals surface area contributed by atoms with E-state index in [1.807, 2.05) is 0 Å². The van der Waals surface area contributed by atoms with Gasteiger partial charge in [-0.1, -0.05) is 17.7 Å². The fourth-order valence-electron chi connectivity index (χ4n) is 1.29. The lowest BCUT2D eigenvalue weighted by molar-refractivity contribution is -0.145. The van der Waals surface area contributed by atoms with Crippen LogP contribution in [0.4, 0.5) is 8.78 Å². The van der Waals surface area contributed by atoms with Gasteiger partial charge in [-0.15, -0.1) is 0 Å². The number of para-hydroxylation sites is 1. The number of ether oxygens (including phenoxy) is 1. The van der Waals surface area contributed by atoms with Gasteiger partial charge in [0.1, 0.15) is 12.2 Å². The lowest BCUT2D eigenvalue weighted by Gasteiger charge is -2.18. The second-order valence-corrected chi connectivity index (χ2v) is 3.50. The van der Waals surface area contributed by atoms with Gasteiger partial charge in [-0.25, -0.2) is 8.78 Å². The molecule has 1 N–H and O–H groups in total. The fourth-order valence-corrected chi connectivity index (χ4v) is 1.54. The van der Waals surface area contributed by atoms with E-state index in [2.05, 4.69) is 0 Å². The largest absolute Gasteiger partial charge is 0.495 e. The third-order valence-electron chi connectivity index (χ3n) is 1.94. The average Bonchev–Trinajstić information content (AvgIpc) is 2.15. The number of rotatable bonds is 4. The van der Waals surface area contributed by atoms with E-state index in [0.29, 0.717) is 0 Å². The highest BCUT2D eigenvalue weighted by atomic mass is 35.5. The van der Waals surface area contributed by atoms with Crippen LogP contribution in [0.2, 0.25) is 5.02 Å². The number of carbonyl (C=O) groups is 1. The fraction of sp³-hybridized carbons (Fsp3) is 0.300. The van der Waals surface area contributed by atoms with E-state index in [1.54, 1.807) is 0 Å². The molecule has 0 radical (unpaired) electrons. The lowest BCUT2D eigenvalue weighted by Crippen LogP contribution is -2.19. The molecular weight excluding hydrogens is 242 g/mol. The van der Waals surface area contributed by atoms with E-state index in [-0.39, 0.29) is 10.8 Å². The Morgan fingerprint density at radius 1 is 1.56 bits per heavy atom. The summed E-state index contributed by atoms with van der Waals surface area (Å²) in [6.45, 7) is 0. The molecule has 0 aliphatic carbocycles. The van der Waals surface area contributed by atoms with Gasteiger partial charge in [-0.3, -0.25) is 4.79 Å². The number of carboxylic acids is 1. The first-order valence-electron chi connectivity index (χ1n) is 4.31. The van der Waals surface area contributed by atoms with Gasteiger partial charge in [0.25, 0.3) is 5.92 Å². The van der Waals surface area contributed by atoms with Crippen LogP contribution in [0.15, 0.2) is 18.2 Å². The SMILES string of the molecule is COc1c(Cl)cccc1C(F)(F)CC(=O)O. The van der Waals surface area contributed by atoms with Crippen LogP contribution < -0.4 is 4.74 Å². The maximum atomic E-state index is 13.5. The standard InChI is InChI=1S/C10H9ClF2O3/c1-16-9-6(3-2-4-7(9)11)10(12,13)5-8(14)15/h2-4H,5H2,1H3,(H,14,15). The number of hydrogen-bond donors (Lipinski definition) is 1. The van der Waals surface area contributed by atoms with Gasteiger partial charge >= 0.3 is 5.97 Å². The Morgan fingerprint density at radius 2 is 2.19 bits per heavy atom. The Labute approximate surface area is 95.6 Å². The zero-order chi connectivity index (χ0) is 12.3. The first kappa shape index (κ1) is 12.7. The van der Waals surface area contributed by atoms with Crippen molar-refractivity contribution in [2.24, 2.45) is 0 Å².